The molecule has 0 radical (unpaired) electrons. The van der Waals surface area contributed by atoms with Gasteiger partial charge in [0, 0.05) is 18.1 Å². The van der Waals surface area contributed by atoms with Gasteiger partial charge in [-0.1, -0.05) is 12.1 Å². The minimum absolute atomic E-state index is 0.160. The molecule has 0 saturated heterocycles. The van der Waals surface area contributed by atoms with E-state index in [4.69, 9.17) is 0 Å². The lowest BCUT2D eigenvalue weighted by Gasteiger charge is -2.18. The van der Waals surface area contributed by atoms with Gasteiger partial charge in [-0.25, -0.2) is 0 Å². The maximum Gasteiger partial charge on any atom is 0.269 e. The van der Waals surface area contributed by atoms with Crippen LogP contribution >= 0.6 is 0 Å². The van der Waals surface area contributed by atoms with Gasteiger partial charge in [0.25, 0.3) is 5.69 Å². The Kier molecular flexibility index (Phi) is 3.76. The number of nitro groups is 1. The second kappa shape index (κ2) is 5.06. The fourth-order valence-electron chi connectivity index (χ4n) is 1.25. The van der Waals surface area contributed by atoms with Crippen LogP contribution in [0.4, 0.5) is 5.69 Å². The molecule has 0 aliphatic carbocycles. The monoisotopic (exact) mass is 237 g/mol. The fourth-order valence-corrected chi connectivity index (χ4v) is 1.25. The molecular weight excluding hydrogens is 230 g/mol. The Morgan fingerprint density at radius 3 is 1.94 bits per heavy atom. The van der Waals surface area contributed by atoms with Crippen LogP contribution in [0.5, 0.6) is 0 Å². The first-order chi connectivity index (χ1) is 7.91. The van der Waals surface area contributed by atoms with E-state index in [0.717, 1.165) is 12.1 Å². The maximum atomic E-state index is 10.5. The molecule has 0 unspecified atom stereocenters. The smallest absolute Gasteiger partial charge is 0.269 e. The molecule has 1 aromatic carbocycles. The highest BCUT2D eigenvalue weighted by atomic mass is 16.6. The normalized spacial score (nSPS) is 10.2. The van der Waals surface area contributed by atoms with Crippen molar-refractivity contribution in [1.29, 1.82) is 0 Å². The van der Waals surface area contributed by atoms with E-state index in [9.17, 15) is 29.9 Å². The van der Waals surface area contributed by atoms with E-state index >= 15 is 0 Å². The number of hydrogen-bond donors (Lipinski definition) is 0. The maximum absolute atomic E-state index is 10.5. The largest absolute Gasteiger partial charge is 0.549 e. The predicted molar refractivity (Wildman–Crippen MR) is 50.3 cm³/mol. The van der Waals surface area contributed by atoms with E-state index in [1.165, 1.54) is 12.1 Å². The first-order valence-electron chi connectivity index (χ1n) is 4.57. The molecule has 1 rings (SSSR count). The van der Waals surface area contributed by atoms with Crippen molar-refractivity contribution < 1.29 is 24.7 Å². The average molecular weight is 237 g/mol. The summed E-state index contributed by atoms with van der Waals surface area (Å²) in [5.41, 5.74) is 0.182. The Bertz CT molecular complexity index is 438. The molecule has 17 heavy (non-hydrogen) atoms. The van der Waals surface area contributed by atoms with E-state index in [0.29, 0.717) is 5.56 Å². The Labute approximate surface area is 95.5 Å². The van der Waals surface area contributed by atoms with Gasteiger partial charge in [0.15, 0.2) is 0 Å². The third-order valence-electron chi connectivity index (χ3n) is 2.16. The number of carbonyl (C=O) groups is 2. The van der Waals surface area contributed by atoms with Crippen molar-refractivity contribution in [3.8, 4) is 0 Å². The van der Waals surface area contributed by atoms with Gasteiger partial charge in [0.2, 0.25) is 0 Å². The molecule has 0 saturated carbocycles. The summed E-state index contributed by atoms with van der Waals surface area (Å²) in [7, 11) is 0. The third kappa shape index (κ3) is 3.26. The number of benzene rings is 1. The molecule has 0 aliphatic rings. The Hall–Kier alpha value is -2.44. The molecule has 0 aliphatic heterocycles. The van der Waals surface area contributed by atoms with Gasteiger partial charge < -0.3 is 19.8 Å². The molecule has 7 nitrogen and oxygen atoms in total. The zero-order valence-corrected chi connectivity index (χ0v) is 8.49. The Balaban J connectivity index is 2.84. The van der Waals surface area contributed by atoms with E-state index in [1.807, 2.05) is 0 Å². The number of carbonyl (C=O) groups excluding carboxylic acids is 2. The molecule has 0 fully saturated rings. The van der Waals surface area contributed by atoms with Gasteiger partial charge in [-0.05, 0) is 12.0 Å². The van der Waals surface area contributed by atoms with Crippen LogP contribution in [0.3, 0.4) is 0 Å². The predicted octanol–water partition coefficient (Wildman–Crippen LogP) is -1.75. The fraction of sp³-hybridized carbons (Fsp3) is 0.200. The molecule has 0 heterocycles. The minimum Gasteiger partial charge on any atom is -0.549 e. The first-order valence-corrected chi connectivity index (χ1v) is 4.57. The summed E-state index contributed by atoms with van der Waals surface area (Å²) in [4.78, 5) is 30.7. The number of carboxylic acid groups (broad SMARTS) is 2. The molecule has 0 bridgehead atoms. The Morgan fingerprint density at radius 1 is 1.12 bits per heavy atom. The summed E-state index contributed by atoms with van der Waals surface area (Å²) in [6.07, 6.45) is -0.331. The quantitative estimate of drug-likeness (QED) is 0.340. The molecule has 0 amide bonds. The van der Waals surface area contributed by atoms with Gasteiger partial charge in [0.05, 0.1) is 16.9 Å². The van der Waals surface area contributed by atoms with Crippen LogP contribution < -0.4 is 10.2 Å². The number of hydrogen-bond acceptors (Lipinski definition) is 6. The molecule has 1 aromatic rings. The molecule has 7 heteroatoms. The number of non-ortho nitro benzene ring substituents is 1. The highest BCUT2D eigenvalue weighted by molar-refractivity contribution is 5.91. The van der Waals surface area contributed by atoms with Crippen molar-refractivity contribution in [3.05, 3.63) is 39.9 Å². The van der Waals surface area contributed by atoms with Gasteiger partial charge >= 0.3 is 0 Å². The first kappa shape index (κ1) is 12.6. The van der Waals surface area contributed by atoms with E-state index < -0.39 is 22.8 Å². The molecule has 0 spiro atoms. The van der Waals surface area contributed by atoms with E-state index in [2.05, 4.69) is 0 Å². The number of carboxylic acids is 2. The van der Waals surface area contributed by atoms with Crippen LogP contribution in [0.2, 0.25) is 0 Å². The number of nitro benzene ring substituents is 1. The van der Waals surface area contributed by atoms with Crippen LogP contribution in [0.1, 0.15) is 5.56 Å². The Morgan fingerprint density at radius 2 is 1.59 bits per heavy atom. The van der Waals surface area contributed by atoms with E-state index in [1.54, 1.807) is 0 Å². The molecule has 0 N–H and O–H groups in total. The van der Waals surface area contributed by atoms with Crippen LogP contribution in [0, 0.1) is 16.0 Å². The average Bonchev–Trinajstić information content (AvgIpc) is 2.25. The molecule has 90 valence electrons. The standard InChI is InChI=1S/C10H9NO6/c12-9(13)8(10(14)15)5-6-1-3-7(4-2-6)11(16)17/h1-4,8H,5H2,(H,12,13)(H,14,15)/p-2. The van der Waals surface area contributed by atoms with Crippen molar-refractivity contribution in [2.24, 2.45) is 5.92 Å². The SMILES string of the molecule is O=C([O-])C(Cc1ccc([N+](=O)[O-])cc1)C(=O)[O-]. The van der Waals surface area contributed by atoms with Gasteiger partial charge in [-0.2, -0.15) is 0 Å². The molecule has 0 aromatic heterocycles. The third-order valence-corrected chi connectivity index (χ3v) is 2.16. The number of rotatable bonds is 5. The topological polar surface area (TPSA) is 123 Å². The number of aliphatic carboxylic acids is 2. The minimum atomic E-state index is -1.77. The second-order valence-corrected chi connectivity index (χ2v) is 3.32. The highest BCUT2D eigenvalue weighted by Crippen LogP contribution is 2.14. The summed E-state index contributed by atoms with van der Waals surface area (Å²) >= 11 is 0. The van der Waals surface area contributed by atoms with Crippen molar-refractivity contribution in [2.75, 3.05) is 0 Å². The lowest BCUT2D eigenvalue weighted by Crippen LogP contribution is -2.44. The summed E-state index contributed by atoms with van der Waals surface area (Å²) < 4.78 is 0. The number of nitrogens with zero attached hydrogens (tertiary/aromatic N) is 1. The van der Waals surface area contributed by atoms with Gasteiger partial charge in [-0.15, -0.1) is 0 Å². The zero-order chi connectivity index (χ0) is 13.0. The summed E-state index contributed by atoms with van der Waals surface area (Å²) in [5.74, 6) is -5.26. The summed E-state index contributed by atoms with van der Waals surface area (Å²) in [5, 5.41) is 31.3. The van der Waals surface area contributed by atoms with E-state index in [-0.39, 0.29) is 12.1 Å². The van der Waals surface area contributed by atoms with Gasteiger partial charge in [0.1, 0.15) is 0 Å². The van der Waals surface area contributed by atoms with Crippen LogP contribution in [0.25, 0.3) is 0 Å². The van der Waals surface area contributed by atoms with Gasteiger partial charge in [-0.3, -0.25) is 10.1 Å². The van der Waals surface area contributed by atoms with Crippen LogP contribution in [-0.4, -0.2) is 16.9 Å². The zero-order valence-electron chi connectivity index (χ0n) is 8.49. The highest BCUT2D eigenvalue weighted by Gasteiger charge is 2.13. The lowest BCUT2D eigenvalue weighted by atomic mass is 9.99. The van der Waals surface area contributed by atoms with Crippen molar-refractivity contribution in [1.82, 2.24) is 0 Å². The molecular formula is C10H7NO6-2. The van der Waals surface area contributed by atoms with Crippen molar-refractivity contribution >= 4 is 17.6 Å². The second-order valence-electron chi connectivity index (χ2n) is 3.32. The van der Waals surface area contributed by atoms with Crippen molar-refractivity contribution in [3.63, 3.8) is 0 Å². The van der Waals surface area contributed by atoms with Crippen LogP contribution in [-0.2, 0) is 16.0 Å². The van der Waals surface area contributed by atoms with Crippen LogP contribution in [0.15, 0.2) is 24.3 Å². The summed E-state index contributed by atoms with van der Waals surface area (Å²) in [6.45, 7) is 0. The lowest BCUT2D eigenvalue weighted by molar-refractivity contribution is -0.384. The summed E-state index contributed by atoms with van der Waals surface area (Å²) in [6, 6.07) is 4.90. The van der Waals surface area contributed by atoms with Crippen molar-refractivity contribution in [2.45, 2.75) is 6.42 Å². The molecule has 0 atom stereocenters.